The lowest BCUT2D eigenvalue weighted by Crippen LogP contribution is -2.08. The standard InChI is InChI=1S/C14H17N3O/c1-17-8-7-15-13(17)9-12(18)11-4-2-3-10-5-6-16-14(10)11/h2-4,7-8,12,16,18H,5-6,9H2,1H3. The number of aliphatic hydroxyl groups is 1. The van der Waals surface area contributed by atoms with E-state index < -0.39 is 6.10 Å². The van der Waals surface area contributed by atoms with Crippen LogP contribution in [0.3, 0.4) is 0 Å². The van der Waals surface area contributed by atoms with E-state index in [0.717, 1.165) is 30.0 Å². The molecule has 0 aliphatic carbocycles. The van der Waals surface area contributed by atoms with E-state index in [2.05, 4.69) is 16.4 Å². The third-order valence-electron chi connectivity index (χ3n) is 3.53. The van der Waals surface area contributed by atoms with Crippen LogP contribution < -0.4 is 5.32 Å². The number of para-hydroxylation sites is 1. The number of aromatic nitrogens is 2. The number of hydrogen-bond donors (Lipinski definition) is 2. The lowest BCUT2D eigenvalue weighted by Gasteiger charge is -2.15. The van der Waals surface area contributed by atoms with E-state index in [4.69, 9.17) is 0 Å². The number of anilines is 1. The van der Waals surface area contributed by atoms with E-state index in [1.165, 1.54) is 5.56 Å². The zero-order valence-electron chi connectivity index (χ0n) is 10.4. The van der Waals surface area contributed by atoms with Crippen LogP contribution in [0.4, 0.5) is 5.69 Å². The molecule has 1 aromatic carbocycles. The lowest BCUT2D eigenvalue weighted by atomic mass is 10.0. The van der Waals surface area contributed by atoms with Crippen LogP contribution in [0.1, 0.15) is 23.1 Å². The van der Waals surface area contributed by atoms with Crippen molar-refractivity contribution in [2.75, 3.05) is 11.9 Å². The van der Waals surface area contributed by atoms with Crippen molar-refractivity contribution in [1.82, 2.24) is 9.55 Å². The van der Waals surface area contributed by atoms with Gasteiger partial charge in [-0.3, -0.25) is 0 Å². The van der Waals surface area contributed by atoms with E-state index >= 15 is 0 Å². The number of nitrogens with zero attached hydrogens (tertiary/aromatic N) is 2. The maximum atomic E-state index is 10.4. The summed E-state index contributed by atoms with van der Waals surface area (Å²) in [6.45, 7) is 0.960. The normalized spacial score (nSPS) is 15.2. The molecule has 1 atom stereocenters. The molecule has 2 N–H and O–H groups in total. The Morgan fingerprint density at radius 2 is 2.39 bits per heavy atom. The van der Waals surface area contributed by atoms with E-state index in [1.54, 1.807) is 6.20 Å². The predicted molar refractivity (Wildman–Crippen MR) is 70.5 cm³/mol. The van der Waals surface area contributed by atoms with Crippen LogP contribution in [0.15, 0.2) is 30.6 Å². The summed E-state index contributed by atoms with van der Waals surface area (Å²) in [4.78, 5) is 4.26. The van der Waals surface area contributed by atoms with Crippen molar-refractivity contribution >= 4 is 5.69 Å². The molecule has 94 valence electrons. The summed E-state index contributed by atoms with van der Waals surface area (Å²) in [5.74, 6) is 0.901. The number of aryl methyl sites for hydroxylation is 1. The second-order valence-electron chi connectivity index (χ2n) is 4.73. The summed E-state index contributed by atoms with van der Waals surface area (Å²) < 4.78 is 1.94. The Kier molecular flexibility index (Phi) is 2.80. The van der Waals surface area contributed by atoms with Gasteiger partial charge in [0, 0.05) is 43.7 Å². The highest BCUT2D eigenvalue weighted by Crippen LogP contribution is 2.31. The molecule has 0 spiro atoms. The van der Waals surface area contributed by atoms with Crippen molar-refractivity contribution in [3.63, 3.8) is 0 Å². The predicted octanol–water partition coefficient (Wildman–Crippen LogP) is 1.66. The Morgan fingerprint density at radius 1 is 1.50 bits per heavy atom. The SMILES string of the molecule is Cn1ccnc1CC(O)c1cccc2c1NCC2. The second-order valence-corrected chi connectivity index (χ2v) is 4.73. The first-order valence-electron chi connectivity index (χ1n) is 6.25. The third-order valence-corrected chi connectivity index (χ3v) is 3.53. The minimum atomic E-state index is -0.508. The fourth-order valence-electron chi connectivity index (χ4n) is 2.52. The molecular formula is C14H17N3O. The van der Waals surface area contributed by atoms with Gasteiger partial charge in [-0.25, -0.2) is 4.98 Å². The van der Waals surface area contributed by atoms with Gasteiger partial charge >= 0.3 is 0 Å². The molecule has 0 bridgehead atoms. The Labute approximate surface area is 106 Å². The minimum absolute atomic E-state index is 0.508. The highest BCUT2D eigenvalue weighted by atomic mass is 16.3. The number of rotatable bonds is 3. The van der Waals surface area contributed by atoms with Crippen molar-refractivity contribution in [2.45, 2.75) is 18.9 Å². The molecule has 4 nitrogen and oxygen atoms in total. The highest BCUT2D eigenvalue weighted by Gasteiger charge is 2.20. The molecule has 0 saturated heterocycles. The van der Waals surface area contributed by atoms with Gasteiger partial charge < -0.3 is 15.0 Å². The quantitative estimate of drug-likeness (QED) is 0.862. The van der Waals surface area contributed by atoms with Crippen LogP contribution in [0.2, 0.25) is 0 Å². The van der Waals surface area contributed by atoms with Crippen LogP contribution in [0.5, 0.6) is 0 Å². The molecule has 3 rings (SSSR count). The van der Waals surface area contributed by atoms with Crippen molar-refractivity contribution < 1.29 is 5.11 Å². The van der Waals surface area contributed by atoms with Crippen LogP contribution >= 0.6 is 0 Å². The molecule has 0 saturated carbocycles. The third kappa shape index (κ3) is 1.88. The van der Waals surface area contributed by atoms with Gasteiger partial charge in [0.05, 0.1) is 6.10 Å². The Balaban J connectivity index is 1.87. The topological polar surface area (TPSA) is 50.1 Å². The maximum Gasteiger partial charge on any atom is 0.111 e. The molecule has 2 aromatic rings. The van der Waals surface area contributed by atoms with Crippen molar-refractivity contribution in [1.29, 1.82) is 0 Å². The van der Waals surface area contributed by atoms with Gasteiger partial charge in [0.15, 0.2) is 0 Å². The Morgan fingerprint density at radius 3 is 3.17 bits per heavy atom. The maximum absolute atomic E-state index is 10.4. The van der Waals surface area contributed by atoms with Crippen LogP contribution in [-0.2, 0) is 19.9 Å². The fourth-order valence-corrected chi connectivity index (χ4v) is 2.52. The van der Waals surface area contributed by atoms with Crippen LogP contribution in [-0.4, -0.2) is 21.2 Å². The first-order chi connectivity index (χ1) is 8.75. The molecule has 1 aliphatic rings. The van der Waals surface area contributed by atoms with Crippen LogP contribution in [0.25, 0.3) is 0 Å². The summed E-state index contributed by atoms with van der Waals surface area (Å²) in [6.07, 6.45) is 4.73. The number of benzene rings is 1. The van der Waals surface area contributed by atoms with E-state index in [1.807, 2.05) is 29.9 Å². The first-order valence-corrected chi connectivity index (χ1v) is 6.25. The smallest absolute Gasteiger partial charge is 0.111 e. The van der Waals surface area contributed by atoms with Gasteiger partial charge in [-0.2, -0.15) is 0 Å². The van der Waals surface area contributed by atoms with Gasteiger partial charge in [-0.15, -0.1) is 0 Å². The molecule has 0 amide bonds. The molecule has 1 unspecified atom stereocenters. The van der Waals surface area contributed by atoms with Gasteiger partial charge in [0.2, 0.25) is 0 Å². The molecular weight excluding hydrogens is 226 g/mol. The van der Waals surface area contributed by atoms with Gasteiger partial charge in [-0.1, -0.05) is 18.2 Å². The zero-order valence-corrected chi connectivity index (χ0v) is 10.4. The van der Waals surface area contributed by atoms with Gasteiger partial charge in [0.1, 0.15) is 5.82 Å². The van der Waals surface area contributed by atoms with E-state index in [0.29, 0.717) is 6.42 Å². The Bertz CT molecular complexity index is 562. The highest BCUT2D eigenvalue weighted by molar-refractivity contribution is 5.61. The largest absolute Gasteiger partial charge is 0.388 e. The average molecular weight is 243 g/mol. The summed E-state index contributed by atoms with van der Waals surface area (Å²) in [5.41, 5.74) is 3.39. The second kappa shape index (κ2) is 4.46. The molecule has 2 heterocycles. The van der Waals surface area contributed by atoms with E-state index in [9.17, 15) is 5.11 Å². The number of hydrogen-bond acceptors (Lipinski definition) is 3. The number of nitrogens with one attached hydrogen (secondary N) is 1. The summed E-state index contributed by atoms with van der Waals surface area (Å²) in [6, 6.07) is 6.12. The average Bonchev–Trinajstić information content (AvgIpc) is 2.98. The fraction of sp³-hybridized carbons (Fsp3) is 0.357. The van der Waals surface area contributed by atoms with Crippen LogP contribution in [0, 0.1) is 0 Å². The van der Waals surface area contributed by atoms with Crippen molar-refractivity contribution in [2.24, 2.45) is 7.05 Å². The molecule has 0 radical (unpaired) electrons. The van der Waals surface area contributed by atoms with Gasteiger partial charge in [-0.05, 0) is 12.0 Å². The molecule has 0 fully saturated rings. The monoisotopic (exact) mass is 243 g/mol. The lowest BCUT2D eigenvalue weighted by molar-refractivity contribution is 0.175. The Hall–Kier alpha value is -1.81. The summed E-state index contributed by atoms with van der Waals surface area (Å²) >= 11 is 0. The van der Waals surface area contributed by atoms with Crippen molar-refractivity contribution in [3.8, 4) is 0 Å². The summed E-state index contributed by atoms with van der Waals surface area (Å²) in [7, 11) is 1.95. The first kappa shape index (κ1) is 11.3. The number of aliphatic hydroxyl groups excluding tert-OH is 1. The molecule has 1 aliphatic heterocycles. The minimum Gasteiger partial charge on any atom is -0.388 e. The number of imidazole rings is 1. The van der Waals surface area contributed by atoms with Crippen molar-refractivity contribution in [3.05, 3.63) is 47.5 Å². The zero-order chi connectivity index (χ0) is 12.5. The van der Waals surface area contributed by atoms with E-state index in [-0.39, 0.29) is 0 Å². The molecule has 18 heavy (non-hydrogen) atoms. The molecule has 1 aromatic heterocycles. The van der Waals surface area contributed by atoms with Gasteiger partial charge in [0.25, 0.3) is 0 Å². The summed E-state index contributed by atoms with van der Waals surface area (Å²) in [5, 5.41) is 13.7. The molecule has 4 heteroatoms. The number of fused-ring (bicyclic) bond motifs is 1.